The maximum atomic E-state index is 10.7. The molecule has 0 bridgehead atoms. The minimum atomic E-state index is -0.444. The fourth-order valence-electron chi connectivity index (χ4n) is 2.79. The number of fused-ring (bicyclic) bond motifs is 1. The number of ether oxygens (including phenoxy) is 2. The summed E-state index contributed by atoms with van der Waals surface area (Å²) in [4.78, 5) is 14.7. The highest BCUT2D eigenvalue weighted by Gasteiger charge is 2.39. The van der Waals surface area contributed by atoms with Crippen LogP contribution in [0.2, 0.25) is 0 Å². The van der Waals surface area contributed by atoms with Gasteiger partial charge in [0.2, 0.25) is 12.9 Å². The second kappa shape index (κ2) is 3.90. The van der Waals surface area contributed by atoms with Gasteiger partial charge in [-0.15, -0.1) is 0 Å². The molecule has 17 heavy (non-hydrogen) atoms. The fraction of sp³-hybridized carbons (Fsp3) is 0.462. The van der Waals surface area contributed by atoms with E-state index in [-0.39, 0.29) is 6.79 Å². The first-order chi connectivity index (χ1) is 8.36. The van der Waals surface area contributed by atoms with Crippen LogP contribution < -0.4 is 9.47 Å². The van der Waals surface area contributed by atoms with Crippen LogP contribution in [-0.4, -0.2) is 12.9 Å². The van der Waals surface area contributed by atoms with E-state index in [0.29, 0.717) is 0 Å². The number of benzene rings is 1. The van der Waals surface area contributed by atoms with Gasteiger partial charge in [-0.1, -0.05) is 25.0 Å². The molecule has 1 heterocycles. The Labute approximate surface area is 99.3 Å². The molecule has 4 heteroatoms. The van der Waals surface area contributed by atoms with Gasteiger partial charge in [-0.2, -0.15) is 4.99 Å². The standard InChI is InChI=1S/C13H13NO3/c15-8-14-13(6-1-2-7-13)10-4-3-5-11-12(10)17-9-16-11/h3-5H,1-2,6-7,9H2. The third kappa shape index (κ3) is 1.53. The summed E-state index contributed by atoms with van der Waals surface area (Å²) in [6, 6.07) is 5.77. The Hall–Kier alpha value is -1.80. The van der Waals surface area contributed by atoms with Crippen molar-refractivity contribution in [2.45, 2.75) is 31.2 Å². The van der Waals surface area contributed by atoms with Gasteiger partial charge in [0.25, 0.3) is 0 Å². The maximum absolute atomic E-state index is 10.7. The molecule has 0 spiro atoms. The highest BCUT2D eigenvalue weighted by atomic mass is 16.7. The number of hydrogen-bond donors (Lipinski definition) is 0. The molecule has 1 aliphatic heterocycles. The molecule has 2 aliphatic rings. The van der Waals surface area contributed by atoms with Gasteiger partial charge in [0, 0.05) is 5.56 Å². The van der Waals surface area contributed by atoms with Gasteiger partial charge in [0.1, 0.15) is 5.54 Å². The number of rotatable bonds is 2. The van der Waals surface area contributed by atoms with E-state index >= 15 is 0 Å². The second-order valence-electron chi connectivity index (χ2n) is 4.48. The highest BCUT2D eigenvalue weighted by Crippen LogP contribution is 2.49. The number of hydrogen-bond acceptors (Lipinski definition) is 4. The molecule has 0 unspecified atom stereocenters. The molecule has 0 atom stereocenters. The van der Waals surface area contributed by atoms with Crippen LogP contribution in [0.5, 0.6) is 11.5 Å². The zero-order chi connectivity index (χ0) is 11.7. The summed E-state index contributed by atoms with van der Waals surface area (Å²) in [6.45, 7) is 0.243. The molecule has 88 valence electrons. The topological polar surface area (TPSA) is 47.9 Å². The minimum Gasteiger partial charge on any atom is -0.454 e. The van der Waals surface area contributed by atoms with Gasteiger partial charge in [-0.25, -0.2) is 4.79 Å². The van der Waals surface area contributed by atoms with Crippen molar-refractivity contribution in [2.75, 3.05) is 6.79 Å². The lowest BCUT2D eigenvalue weighted by Crippen LogP contribution is -2.19. The van der Waals surface area contributed by atoms with E-state index in [2.05, 4.69) is 4.99 Å². The largest absolute Gasteiger partial charge is 0.454 e. The number of nitrogens with zero attached hydrogens (tertiary/aromatic N) is 1. The molecular formula is C13H13NO3. The highest BCUT2D eigenvalue weighted by molar-refractivity contribution is 5.53. The van der Waals surface area contributed by atoms with Gasteiger partial charge in [0.05, 0.1) is 0 Å². The van der Waals surface area contributed by atoms with Gasteiger partial charge in [0.15, 0.2) is 11.5 Å². The van der Waals surface area contributed by atoms with Crippen LogP contribution in [0.1, 0.15) is 31.2 Å². The first-order valence-corrected chi connectivity index (χ1v) is 5.84. The smallest absolute Gasteiger partial charge is 0.235 e. The molecule has 0 N–H and O–H groups in total. The zero-order valence-corrected chi connectivity index (χ0v) is 9.44. The van der Waals surface area contributed by atoms with Gasteiger partial charge >= 0.3 is 0 Å². The predicted molar refractivity (Wildman–Crippen MR) is 60.8 cm³/mol. The molecule has 1 aromatic rings. The van der Waals surface area contributed by atoms with Crippen LogP contribution in [0, 0.1) is 0 Å². The Bertz CT molecular complexity index is 485. The molecule has 4 nitrogen and oxygen atoms in total. The van der Waals surface area contributed by atoms with Crippen molar-refractivity contribution >= 4 is 6.08 Å². The van der Waals surface area contributed by atoms with E-state index in [0.717, 1.165) is 42.7 Å². The van der Waals surface area contributed by atoms with E-state index < -0.39 is 5.54 Å². The molecule has 0 aromatic heterocycles. The Morgan fingerprint density at radius 1 is 1.24 bits per heavy atom. The van der Waals surface area contributed by atoms with Crippen molar-refractivity contribution < 1.29 is 14.3 Å². The van der Waals surface area contributed by atoms with Crippen molar-refractivity contribution in [1.82, 2.24) is 0 Å². The van der Waals surface area contributed by atoms with E-state index in [1.165, 1.54) is 0 Å². The van der Waals surface area contributed by atoms with Crippen molar-refractivity contribution in [2.24, 2.45) is 4.99 Å². The molecule has 0 radical (unpaired) electrons. The van der Waals surface area contributed by atoms with Gasteiger partial charge in [-0.05, 0) is 18.9 Å². The van der Waals surface area contributed by atoms with Crippen LogP contribution in [-0.2, 0) is 10.3 Å². The monoisotopic (exact) mass is 231 g/mol. The summed E-state index contributed by atoms with van der Waals surface area (Å²) in [5, 5.41) is 0. The lowest BCUT2D eigenvalue weighted by atomic mass is 9.88. The van der Waals surface area contributed by atoms with E-state index in [4.69, 9.17) is 9.47 Å². The Kier molecular flexibility index (Phi) is 2.37. The van der Waals surface area contributed by atoms with E-state index in [1.807, 2.05) is 18.2 Å². The molecule has 0 saturated heterocycles. The Morgan fingerprint density at radius 3 is 2.82 bits per heavy atom. The van der Waals surface area contributed by atoms with E-state index in [1.54, 1.807) is 6.08 Å². The SMILES string of the molecule is O=C=NC1(c2cccc3c2OCO3)CCCC1. The number of carbonyl (C=O) groups excluding carboxylic acids is 1. The fourth-order valence-corrected chi connectivity index (χ4v) is 2.79. The van der Waals surface area contributed by atoms with Gasteiger partial charge < -0.3 is 9.47 Å². The first-order valence-electron chi connectivity index (χ1n) is 5.84. The van der Waals surface area contributed by atoms with Crippen LogP contribution >= 0.6 is 0 Å². The van der Waals surface area contributed by atoms with Crippen LogP contribution in [0.3, 0.4) is 0 Å². The lowest BCUT2D eigenvalue weighted by Gasteiger charge is -2.23. The number of aliphatic imine (C=N–C) groups is 1. The zero-order valence-electron chi connectivity index (χ0n) is 9.44. The Morgan fingerprint density at radius 2 is 2.06 bits per heavy atom. The van der Waals surface area contributed by atoms with Crippen LogP contribution in [0.4, 0.5) is 0 Å². The van der Waals surface area contributed by atoms with Crippen molar-refractivity contribution in [3.63, 3.8) is 0 Å². The summed E-state index contributed by atoms with van der Waals surface area (Å²) in [6.07, 6.45) is 5.63. The van der Waals surface area contributed by atoms with E-state index in [9.17, 15) is 4.79 Å². The normalized spacial score (nSPS) is 20.0. The average molecular weight is 231 g/mol. The van der Waals surface area contributed by atoms with Gasteiger partial charge in [-0.3, -0.25) is 0 Å². The summed E-state index contributed by atoms with van der Waals surface area (Å²) in [7, 11) is 0. The molecule has 1 aliphatic carbocycles. The van der Waals surface area contributed by atoms with Crippen molar-refractivity contribution in [3.05, 3.63) is 23.8 Å². The molecule has 1 fully saturated rings. The molecule has 1 saturated carbocycles. The van der Waals surface area contributed by atoms with Crippen LogP contribution in [0.25, 0.3) is 0 Å². The quantitative estimate of drug-likeness (QED) is 0.580. The molecule has 0 amide bonds. The van der Waals surface area contributed by atoms with Crippen LogP contribution in [0.15, 0.2) is 23.2 Å². The summed E-state index contributed by atoms with van der Waals surface area (Å²) in [5.74, 6) is 1.49. The third-order valence-electron chi connectivity index (χ3n) is 3.59. The summed E-state index contributed by atoms with van der Waals surface area (Å²) < 4.78 is 10.9. The first kappa shape index (κ1) is 10.4. The maximum Gasteiger partial charge on any atom is 0.235 e. The number of para-hydroxylation sites is 1. The Balaban J connectivity index is 2.14. The molecule has 3 rings (SSSR count). The summed E-state index contributed by atoms with van der Waals surface area (Å²) in [5.41, 5.74) is 0.522. The average Bonchev–Trinajstić information content (AvgIpc) is 2.97. The number of isocyanates is 1. The lowest BCUT2D eigenvalue weighted by molar-refractivity contribution is 0.172. The third-order valence-corrected chi connectivity index (χ3v) is 3.59. The molecular weight excluding hydrogens is 218 g/mol. The predicted octanol–water partition coefficient (Wildman–Crippen LogP) is 2.52. The van der Waals surface area contributed by atoms with Crippen molar-refractivity contribution in [1.29, 1.82) is 0 Å². The molecule has 1 aromatic carbocycles. The summed E-state index contributed by atoms with van der Waals surface area (Å²) >= 11 is 0. The minimum absolute atomic E-state index is 0.243. The van der Waals surface area contributed by atoms with Crippen molar-refractivity contribution in [3.8, 4) is 11.5 Å². The second-order valence-corrected chi connectivity index (χ2v) is 4.48.